The largest absolute Gasteiger partial charge is 0.297 e. The highest BCUT2D eigenvalue weighted by Crippen LogP contribution is 2.18. The maximum Gasteiger partial charge on any atom is 0.297 e. The zero-order valence-electron chi connectivity index (χ0n) is 12.0. The van der Waals surface area contributed by atoms with E-state index in [1.165, 1.54) is 24.3 Å². The number of hydrogen-bond donors (Lipinski definition) is 3. The first-order valence-corrected chi connectivity index (χ1v) is 8.69. The second-order valence-corrected chi connectivity index (χ2v) is 7.20. The lowest BCUT2D eigenvalue weighted by atomic mass is 10.3. The number of carbonyl (C=O) groups excluding carboxylic acids is 1. The lowest BCUT2D eigenvalue weighted by Gasteiger charge is -2.08. The molecule has 4 N–H and O–H groups in total. The van der Waals surface area contributed by atoms with Gasteiger partial charge in [-0.15, -0.1) is 0 Å². The molecule has 0 atom stereocenters. The normalized spacial score (nSPS) is 11.9. The fourth-order valence-corrected chi connectivity index (χ4v) is 3.10. The second kappa shape index (κ2) is 7.63. The smallest absolute Gasteiger partial charge is 0.288 e. The molecule has 0 heterocycles. The Labute approximate surface area is 148 Å². The van der Waals surface area contributed by atoms with Gasteiger partial charge in [-0.2, -0.15) is 5.10 Å². The molecule has 0 bridgehead atoms. The number of sulfone groups is 1. The molecule has 0 aliphatic carbocycles. The minimum atomic E-state index is -4.20. The van der Waals surface area contributed by atoms with Gasteiger partial charge in [-0.05, 0) is 48.5 Å². The van der Waals surface area contributed by atoms with E-state index >= 15 is 0 Å². The van der Waals surface area contributed by atoms with Crippen LogP contribution < -0.4 is 16.7 Å². The summed E-state index contributed by atoms with van der Waals surface area (Å²) < 4.78 is 25.1. The maximum atomic E-state index is 12.6. The molecule has 0 spiro atoms. The number of nitrogens with one attached hydrogen (secondary N) is 2. The van der Waals surface area contributed by atoms with Crippen LogP contribution in [-0.4, -0.2) is 19.4 Å². The molecule has 0 saturated heterocycles. The predicted octanol–water partition coefficient (Wildman–Crippen LogP) is 2.18. The van der Waals surface area contributed by atoms with Crippen molar-refractivity contribution in [3.05, 3.63) is 58.6 Å². The van der Waals surface area contributed by atoms with Crippen molar-refractivity contribution in [3.8, 4) is 0 Å². The average Bonchev–Trinajstić information content (AvgIpc) is 2.56. The highest BCUT2D eigenvalue weighted by molar-refractivity contribution is 8.08. The summed E-state index contributed by atoms with van der Waals surface area (Å²) in [6.07, 6.45) is 0. The lowest BCUT2D eigenvalue weighted by molar-refractivity contribution is -0.114. The van der Waals surface area contributed by atoms with Gasteiger partial charge >= 0.3 is 0 Å². The molecule has 0 fully saturated rings. The molecule has 0 aliphatic heterocycles. The Kier molecular flexibility index (Phi) is 5.79. The zero-order chi connectivity index (χ0) is 17.7. The van der Waals surface area contributed by atoms with E-state index in [2.05, 4.69) is 10.5 Å². The standard InChI is InChI=1S/C14H12Cl2N4O3S/c15-9-1-5-11(6-2-9)19-20-14(13(21)18-17)24(22,23)12-7-3-10(16)4-8-12/h1-8,19H,17H2,(H,18,21). The minimum absolute atomic E-state index is 0.146. The second-order valence-electron chi connectivity index (χ2n) is 4.47. The van der Waals surface area contributed by atoms with Gasteiger partial charge in [0.15, 0.2) is 0 Å². The van der Waals surface area contributed by atoms with Crippen LogP contribution in [0.2, 0.25) is 10.0 Å². The highest BCUT2D eigenvalue weighted by atomic mass is 35.5. The van der Waals surface area contributed by atoms with Gasteiger partial charge in [0.05, 0.1) is 10.6 Å². The maximum absolute atomic E-state index is 12.6. The van der Waals surface area contributed by atoms with Crippen LogP contribution in [-0.2, 0) is 14.6 Å². The van der Waals surface area contributed by atoms with E-state index in [1.54, 1.807) is 29.7 Å². The van der Waals surface area contributed by atoms with Crippen molar-refractivity contribution in [2.45, 2.75) is 4.90 Å². The Morgan fingerprint density at radius 2 is 1.46 bits per heavy atom. The van der Waals surface area contributed by atoms with Crippen molar-refractivity contribution in [3.63, 3.8) is 0 Å². The van der Waals surface area contributed by atoms with E-state index in [9.17, 15) is 13.2 Å². The summed E-state index contributed by atoms with van der Waals surface area (Å²) in [5.74, 6) is 3.99. The first-order chi connectivity index (χ1) is 11.3. The summed E-state index contributed by atoms with van der Waals surface area (Å²) >= 11 is 11.5. The molecule has 7 nitrogen and oxygen atoms in total. The molecule has 0 aromatic heterocycles. The van der Waals surface area contributed by atoms with Crippen molar-refractivity contribution >= 4 is 49.7 Å². The monoisotopic (exact) mass is 386 g/mol. The SMILES string of the molecule is NNC(=O)C(=NNc1ccc(Cl)cc1)S(=O)(=O)c1ccc(Cl)cc1. The number of hydrazine groups is 1. The van der Waals surface area contributed by atoms with Gasteiger partial charge in [-0.25, -0.2) is 14.3 Å². The fourth-order valence-electron chi connectivity index (χ4n) is 1.66. The van der Waals surface area contributed by atoms with Crippen LogP contribution >= 0.6 is 23.2 Å². The summed E-state index contributed by atoms with van der Waals surface area (Å²) in [5, 5.41) is 3.74. The van der Waals surface area contributed by atoms with Crippen molar-refractivity contribution in [2.24, 2.45) is 10.9 Å². The van der Waals surface area contributed by atoms with Gasteiger partial charge in [0.2, 0.25) is 14.9 Å². The predicted molar refractivity (Wildman–Crippen MR) is 93.5 cm³/mol. The first kappa shape index (κ1) is 18.2. The third kappa shape index (κ3) is 4.24. The highest BCUT2D eigenvalue weighted by Gasteiger charge is 2.29. The molecule has 1 amide bonds. The Morgan fingerprint density at radius 3 is 1.96 bits per heavy atom. The molecule has 2 aromatic rings. The summed E-state index contributed by atoms with van der Waals surface area (Å²) in [6, 6.07) is 11.6. The van der Waals surface area contributed by atoms with Crippen LogP contribution in [0.5, 0.6) is 0 Å². The van der Waals surface area contributed by atoms with Crippen molar-refractivity contribution in [2.75, 3.05) is 5.43 Å². The van der Waals surface area contributed by atoms with E-state index in [0.29, 0.717) is 15.7 Å². The van der Waals surface area contributed by atoms with Gasteiger partial charge < -0.3 is 0 Å². The molecule has 126 valence electrons. The Balaban J connectivity index is 2.40. The quantitative estimate of drug-likeness (QED) is 0.246. The molecule has 0 aliphatic rings. The third-order valence-electron chi connectivity index (χ3n) is 2.83. The lowest BCUT2D eigenvalue weighted by Crippen LogP contribution is -2.40. The van der Waals surface area contributed by atoms with Crippen LogP contribution in [0, 0.1) is 0 Å². The van der Waals surface area contributed by atoms with Crippen molar-refractivity contribution in [1.29, 1.82) is 0 Å². The number of nitrogens with zero attached hydrogens (tertiary/aromatic N) is 1. The van der Waals surface area contributed by atoms with Gasteiger partial charge in [-0.3, -0.25) is 15.6 Å². The molecule has 0 unspecified atom stereocenters. The Hall–Kier alpha value is -2.13. The molecule has 0 saturated carbocycles. The van der Waals surface area contributed by atoms with E-state index < -0.39 is 20.8 Å². The molecule has 10 heteroatoms. The van der Waals surface area contributed by atoms with Gasteiger partial charge in [0.25, 0.3) is 5.91 Å². The third-order valence-corrected chi connectivity index (χ3v) is 5.02. The van der Waals surface area contributed by atoms with Crippen LogP contribution in [0.1, 0.15) is 0 Å². The average molecular weight is 387 g/mol. The number of amides is 1. The number of anilines is 1. The van der Waals surface area contributed by atoms with E-state index in [0.717, 1.165) is 0 Å². The number of benzene rings is 2. The molecular formula is C14H12Cl2N4O3S. The number of halogens is 2. The fraction of sp³-hybridized carbons (Fsp3) is 0. The number of hydrogen-bond acceptors (Lipinski definition) is 6. The first-order valence-electron chi connectivity index (χ1n) is 6.45. The van der Waals surface area contributed by atoms with Crippen molar-refractivity contribution in [1.82, 2.24) is 5.43 Å². The summed E-state index contributed by atoms with van der Waals surface area (Å²) in [5.41, 5.74) is 4.68. The van der Waals surface area contributed by atoms with Crippen LogP contribution in [0.15, 0.2) is 58.5 Å². The van der Waals surface area contributed by atoms with Crippen molar-refractivity contribution < 1.29 is 13.2 Å². The molecular weight excluding hydrogens is 375 g/mol. The van der Waals surface area contributed by atoms with Crippen LogP contribution in [0.4, 0.5) is 5.69 Å². The number of nitrogens with two attached hydrogens (primary N) is 1. The van der Waals surface area contributed by atoms with Crippen LogP contribution in [0.25, 0.3) is 0 Å². The molecule has 0 radical (unpaired) electrons. The Morgan fingerprint density at radius 1 is 0.958 bits per heavy atom. The zero-order valence-corrected chi connectivity index (χ0v) is 14.4. The number of carbonyl (C=O) groups is 1. The molecule has 2 rings (SSSR count). The van der Waals surface area contributed by atoms with E-state index in [1.807, 2.05) is 0 Å². The molecule has 24 heavy (non-hydrogen) atoms. The van der Waals surface area contributed by atoms with Gasteiger partial charge in [0, 0.05) is 10.0 Å². The summed E-state index contributed by atoms with van der Waals surface area (Å²) in [6.45, 7) is 0. The molecule has 2 aromatic carbocycles. The van der Waals surface area contributed by atoms with Gasteiger partial charge in [0.1, 0.15) is 0 Å². The minimum Gasteiger partial charge on any atom is -0.288 e. The number of hydrazone groups is 1. The van der Waals surface area contributed by atoms with Crippen LogP contribution in [0.3, 0.4) is 0 Å². The number of rotatable bonds is 3. The van der Waals surface area contributed by atoms with E-state index in [4.69, 9.17) is 29.0 Å². The van der Waals surface area contributed by atoms with E-state index in [-0.39, 0.29) is 4.90 Å². The summed E-state index contributed by atoms with van der Waals surface area (Å²) in [7, 11) is -4.20. The van der Waals surface area contributed by atoms with Gasteiger partial charge in [-0.1, -0.05) is 23.2 Å². The summed E-state index contributed by atoms with van der Waals surface area (Å²) in [4.78, 5) is 11.7. The Bertz CT molecular complexity index is 866. The topological polar surface area (TPSA) is 114 Å².